The molecule has 1 nitrogen and oxygen atoms in total. The highest BCUT2D eigenvalue weighted by Gasteiger charge is 2.30. The SMILES string of the molecule is CCCCCC1Cc2ccccc2OC1c1ccccc1. The number of rotatable bonds is 5. The van der Waals surface area contributed by atoms with E-state index in [1.54, 1.807) is 0 Å². The lowest BCUT2D eigenvalue weighted by Gasteiger charge is -2.34. The summed E-state index contributed by atoms with van der Waals surface area (Å²) in [6, 6.07) is 19.2. The lowest BCUT2D eigenvalue weighted by Crippen LogP contribution is -2.26. The summed E-state index contributed by atoms with van der Waals surface area (Å²) in [6.07, 6.45) is 6.50. The molecule has 21 heavy (non-hydrogen) atoms. The predicted molar refractivity (Wildman–Crippen MR) is 87.6 cm³/mol. The summed E-state index contributed by atoms with van der Waals surface area (Å²) >= 11 is 0. The number of ether oxygens (including phenoxy) is 1. The van der Waals surface area contributed by atoms with Gasteiger partial charge in [0.05, 0.1) is 0 Å². The molecule has 0 bridgehead atoms. The fourth-order valence-corrected chi connectivity index (χ4v) is 3.30. The zero-order chi connectivity index (χ0) is 14.5. The van der Waals surface area contributed by atoms with Gasteiger partial charge in [-0.1, -0.05) is 74.7 Å². The molecule has 3 rings (SSSR count). The fraction of sp³-hybridized carbons (Fsp3) is 0.400. The highest BCUT2D eigenvalue weighted by Crippen LogP contribution is 2.40. The van der Waals surface area contributed by atoms with Crippen LogP contribution in [0.3, 0.4) is 0 Å². The monoisotopic (exact) mass is 280 g/mol. The summed E-state index contributed by atoms with van der Waals surface area (Å²) < 4.78 is 6.36. The molecular weight excluding hydrogens is 256 g/mol. The van der Waals surface area contributed by atoms with Crippen LogP contribution in [0.25, 0.3) is 0 Å². The third-order valence-electron chi connectivity index (χ3n) is 4.44. The van der Waals surface area contributed by atoms with Crippen LogP contribution >= 0.6 is 0 Å². The summed E-state index contributed by atoms with van der Waals surface area (Å²) in [6.45, 7) is 2.27. The zero-order valence-corrected chi connectivity index (χ0v) is 12.8. The van der Waals surface area contributed by atoms with Crippen LogP contribution in [-0.4, -0.2) is 0 Å². The molecule has 0 saturated heterocycles. The minimum atomic E-state index is 0.206. The van der Waals surface area contributed by atoms with Gasteiger partial charge in [0.25, 0.3) is 0 Å². The molecule has 0 N–H and O–H groups in total. The van der Waals surface area contributed by atoms with E-state index in [1.165, 1.54) is 36.8 Å². The van der Waals surface area contributed by atoms with Crippen molar-refractivity contribution in [3.8, 4) is 5.75 Å². The largest absolute Gasteiger partial charge is 0.485 e. The number of hydrogen-bond acceptors (Lipinski definition) is 1. The summed E-state index contributed by atoms with van der Waals surface area (Å²) in [5.74, 6) is 1.66. The highest BCUT2D eigenvalue weighted by molar-refractivity contribution is 5.37. The first-order chi connectivity index (χ1) is 10.4. The van der Waals surface area contributed by atoms with Crippen LogP contribution in [0.4, 0.5) is 0 Å². The number of para-hydroxylation sites is 1. The van der Waals surface area contributed by atoms with Crippen molar-refractivity contribution >= 4 is 0 Å². The molecule has 2 aromatic carbocycles. The van der Waals surface area contributed by atoms with Gasteiger partial charge in [-0.05, 0) is 30.0 Å². The Hall–Kier alpha value is -1.76. The summed E-state index contributed by atoms with van der Waals surface area (Å²) in [7, 11) is 0. The Bertz CT molecular complexity index is 561. The zero-order valence-electron chi connectivity index (χ0n) is 12.8. The molecule has 1 heterocycles. The molecule has 0 amide bonds. The minimum absolute atomic E-state index is 0.206. The second-order valence-corrected chi connectivity index (χ2v) is 6.02. The molecule has 0 aliphatic carbocycles. The molecule has 0 radical (unpaired) electrons. The van der Waals surface area contributed by atoms with Crippen molar-refractivity contribution in [1.82, 2.24) is 0 Å². The van der Waals surface area contributed by atoms with E-state index in [4.69, 9.17) is 4.74 Å². The van der Waals surface area contributed by atoms with Crippen molar-refractivity contribution in [2.24, 2.45) is 5.92 Å². The highest BCUT2D eigenvalue weighted by atomic mass is 16.5. The lowest BCUT2D eigenvalue weighted by molar-refractivity contribution is 0.106. The molecule has 0 saturated carbocycles. The van der Waals surface area contributed by atoms with Crippen LogP contribution in [0.15, 0.2) is 54.6 Å². The summed E-state index contributed by atoms with van der Waals surface area (Å²) in [4.78, 5) is 0. The van der Waals surface area contributed by atoms with E-state index >= 15 is 0 Å². The molecule has 2 unspecified atom stereocenters. The second-order valence-electron chi connectivity index (χ2n) is 6.02. The van der Waals surface area contributed by atoms with E-state index in [0.717, 1.165) is 12.2 Å². The predicted octanol–water partition coefficient (Wildman–Crippen LogP) is 5.56. The van der Waals surface area contributed by atoms with Gasteiger partial charge < -0.3 is 4.74 Å². The summed E-state index contributed by atoms with van der Waals surface area (Å²) in [5, 5.41) is 0. The number of unbranched alkanes of at least 4 members (excludes halogenated alkanes) is 2. The lowest BCUT2D eigenvalue weighted by atomic mass is 9.83. The van der Waals surface area contributed by atoms with E-state index in [2.05, 4.69) is 61.5 Å². The van der Waals surface area contributed by atoms with Crippen molar-refractivity contribution in [1.29, 1.82) is 0 Å². The maximum atomic E-state index is 6.36. The van der Waals surface area contributed by atoms with Crippen molar-refractivity contribution in [3.05, 3.63) is 65.7 Å². The summed E-state index contributed by atoms with van der Waals surface area (Å²) in [5.41, 5.74) is 2.68. The average molecular weight is 280 g/mol. The average Bonchev–Trinajstić information content (AvgIpc) is 2.55. The Labute approximate surface area is 128 Å². The van der Waals surface area contributed by atoms with Crippen molar-refractivity contribution < 1.29 is 4.74 Å². The molecule has 0 spiro atoms. The van der Waals surface area contributed by atoms with E-state index in [1.807, 2.05) is 0 Å². The third-order valence-corrected chi connectivity index (χ3v) is 4.44. The Morgan fingerprint density at radius 3 is 2.52 bits per heavy atom. The van der Waals surface area contributed by atoms with Crippen molar-refractivity contribution in [2.75, 3.05) is 0 Å². The van der Waals surface area contributed by atoms with E-state index in [-0.39, 0.29) is 6.10 Å². The molecule has 1 aliphatic rings. The van der Waals surface area contributed by atoms with Crippen LogP contribution in [0.2, 0.25) is 0 Å². The maximum Gasteiger partial charge on any atom is 0.127 e. The molecule has 0 aromatic heterocycles. The molecular formula is C20H24O. The molecule has 2 atom stereocenters. The quantitative estimate of drug-likeness (QED) is 0.651. The van der Waals surface area contributed by atoms with Crippen molar-refractivity contribution in [3.63, 3.8) is 0 Å². The van der Waals surface area contributed by atoms with E-state index < -0.39 is 0 Å². The van der Waals surface area contributed by atoms with Gasteiger partial charge in [-0.2, -0.15) is 0 Å². The van der Waals surface area contributed by atoms with Gasteiger partial charge >= 0.3 is 0 Å². The van der Waals surface area contributed by atoms with Gasteiger partial charge in [-0.3, -0.25) is 0 Å². The molecule has 1 aliphatic heterocycles. The second kappa shape index (κ2) is 6.80. The molecule has 2 aromatic rings. The van der Waals surface area contributed by atoms with Crippen LogP contribution in [0.1, 0.15) is 49.8 Å². The number of hydrogen-bond donors (Lipinski definition) is 0. The van der Waals surface area contributed by atoms with Crippen LogP contribution < -0.4 is 4.74 Å². The number of benzene rings is 2. The van der Waals surface area contributed by atoms with Gasteiger partial charge in [0, 0.05) is 5.92 Å². The Balaban J connectivity index is 1.84. The Kier molecular flexibility index (Phi) is 4.59. The first-order valence-corrected chi connectivity index (χ1v) is 8.18. The molecule has 110 valence electrons. The van der Waals surface area contributed by atoms with Crippen molar-refractivity contribution in [2.45, 2.75) is 45.1 Å². The van der Waals surface area contributed by atoms with Crippen LogP contribution in [0, 0.1) is 5.92 Å². The maximum absolute atomic E-state index is 6.36. The first-order valence-electron chi connectivity index (χ1n) is 8.18. The third kappa shape index (κ3) is 3.29. The molecule has 0 fully saturated rings. The first kappa shape index (κ1) is 14.2. The minimum Gasteiger partial charge on any atom is -0.485 e. The van der Waals surface area contributed by atoms with Gasteiger partial charge in [-0.25, -0.2) is 0 Å². The van der Waals surface area contributed by atoms with Gasteiger partial charge in [0.15, 0.2) is 0 Å². The fourth-order valence-electron chi connectivity index (χ4n) is 3.30. The topological polar surface area (TPSA) is 9.23 Å². The van der Waals surface area contributed by atoms with Gasteiger partial charge in [0.1, 0.15) is 11.9 Å². The van der Waals surface area contributed by atoms with E-state index in [9.17, 15) is 0 Å². The van der Waals surface area contributed by atoms with Gasteiger partial charge in [0.2, 0.25) is 0 Å². The smallest absolute Gasteiger partial charge is 0.127 e. The van der Waals surface area contributed by atoms with E-state index in [0.29, 0.717) is 5.92 Å². The Morgan fingerprint density at radius 2 is 1.71 bits per heavy atom. The standard InChI is InChI=1S/C20H24O/c1-2-3-5-13-18-15-17-12-8-9-14-19(17)21-20(18)16-10-6-4-7-11-16/h4,6-12,14,18,20H,2-3,5,13,15H2,1H3. The van der Waals surface area contributed by atoms with Crippen LogP contribution in [0.5, 0.6) is 5.75 Å². The van der Waals surface area contributed by atoms with Crippen LogP contribution in [-0.2, 0) is 6.42 Å². The van der Waals surface area contributed by atoms with Gasteiger partial charge in [-0.15, -0.1) is 0 Å². The normalized spacial score (nSPS) is 20.6. The Morgan fingerprint density at radius 1 is 0.952 bits per heavy atom. The molecule has 1 heteroatoms. The number of fused-ring (bicyclic) bond motifs is 1.